The van der Waals surface area contributed by atoms with Crippen molar-refractivity contribution in [3.05, 3.63) is 34.1 Å². The number of rotatable bonds is 5. The summed E-state index contributed by atoms with van der Waals surface area (Å²) in [7, 11) is 0. The van der Waals surface area contributed by atoms with Gasteiger partial charge in [-0.05, 0) is 47.0 Å². The third-order valence-corrected chi connectivity index (χ3v) is 3.20. The number of benzene rings is 1. The van der Waals surface area contributed by atoms with E-state index in [9.17, 15) is 9.18 Å². The molecule has 0 aliphatic rings. The van der Waals surface area contributed by atoms with E-state index in [0.29, 0.717) is 16.6 Å². The minimum Gasteiger partial charge on any atom is -0.352 e. The second kappa shape index (κ2) is 7.01. The quantitative estimate of drug-likeness (QED) is 0.637. The van der Waals surface area contributed by atoms with E-state index in [-0.39, 0.29) is 11.7 Å². The molecule has 0 spiro atoms. The average molecular weight is 353 g/mol. The Morgan fingerprint density at radius 1 is 1.38 bits per heavy atom. The first-order valence-corrected chi connectivity index (χ1v) is 6.86. The molecule has 5 heteroatoms. The van der Waals surface area contributed by atoms with Crippen molar-refractivity contribution in [1.82, 2.24) is 5.32 Å². The number of carbonyl (C=O) groups excluding carboxylic acids is 1. The number of unbranched alkanes of at least 4 members (excludes halogenated alkanes) is 1. The van der Waals surface area contributed by atoms with Crippen molar-refractivity contribution < 1.29 is 9.18 Å². The van der Waals surface area contributed by atoms with Crippen molar-refractivity contribution >= 4 is 37.8 Å². The van der Waals surface area contributed by atoms with Crippen molar-refractivity contribution in [3.63, 3.8) is 0 Å². The fourth-order valence-electron chi connectivity index (χ4n) is 1.16. The van der Waals surface area contributed by atoms with Crippen LogP contribution in [0.5, 0.6) is 0 Å². The zero-order valence-corrected chi connectivity index (χ0v) is 11.8. The number of hydrogen-bond donors (Lipinski definition) is 1. The number of halogens is 3. The van der Waals surface area contributed by atoms with E-state index in [4.69, 9.17) is 0 Å². The van der Waals surface area contributed by atoms with Crippen LogP contribution in [-0.2, 0) is 0 Å². The Kier molecular flexibility index (Phi) is 5.98. The first-order valence-electron chi connectivity index (χ1n) is 4.94. The molecule has 2 nitrogen and oxygen atoms in total. The van der Waals surface area contributed by atoms with Gasteiger partial charge in [0.1, 0.15) is 5.82 Å². The lowest BCUT2D eigenvalue weighted by Crippen LogP contribution is -2.24. The first kappa shape index (κ1) is 13.6. The van der Waals surface area contributed by atoms with Gasteiger partial charge in [0.25, 0.3) is 5.91 Å². The van der Waals surface area contributed by atoms with Gasteiger partial charge in [-0.15, -0.1) is 0 Å². The maximum atomic E-state index is 12.9. The van der Waals surface area contributed by atoms with E-state index >= 15 is 0 Å². The van der Waals surface area contributed by atoms with Crippen molar-refractivity contribution in [2.75, 3.05) is 11.9 Å². The molecule has 0 saturated carbocycles. The van der Waals surface area contributed by atoms with E-state index in [2.05, 4.69) is 37.2 Å². The van der Waals surface area contributed by atoms with Crippen molar-refractivity contribution in [1.29, 1.82) is 0 Å². The minimum atomic E-state index is -0.365. The molecule has 1 rings (SSSR count). The molecule has 0 heterocycles. The van der Waals surface area contributed by atoms with Gasteiger partial charge in [0.2, 0.25) is 0 Å². The predicted octanol–water partition coefficient (Wildman–Crippen LogP) is 3.49. The van der Waals surface area contributed by atoms with Crippen LogP contribution in [0, 0.1) is 5.82 Å². The van der Waals surface area contributed by atoms with Crippen molar-refractivity contribution in [2.45, 2.75) is 12.8 Å². The van der Waals surface area contributed by atoms with E-state index in [1.807, 2.05) is 0 Å². The van der Waals surface area contributed by atoms with Gasteiger partial charge in [-0.3, -0.25) is 4.79 Å². The summed E-state index contributed by atoms with van der Waals surface area (Å²) in [5, 5.41) is 3.71. The Morgan fingerprint density at radius 2 is 2.12 bits per heavy atom. The molecule has 1 N–H and O–H groups in total. The molecular formula is C11H12Br2FNO. The summed E-state index contributed by atoms with van der Waals surface area (Å²) in [6, 6.07) is 4.23. The Balaban J connectivity index is 2.50. The molecule has 88 valence electrons. The van der Waals surface area contributed by atoms with Gasteiger partial charge in [0, 0.05) is 17.4 Å². The van der Waals surface area contributed by atoms with E-state index in [1.165, 1.54) is 18.2 Å². The lowest BCUT2D eigenvalue weighted by Gasteiger charge is -2.05. The van der Waals surface area contributed by atoms with Gasteiger partial charge in [-0.2, -0.15) is 0 Å². The second-order valence-corrected chi connectivity index (χ2v) is 4.93. The van der Waals surface area contributed by atoms with Crippen molar-refractivity contribution in [2.24, 2.45) is 0 Å². The van der Waals surface area contributed by atoms with Gasteiger partial charge in [-0.25, -0.2) is 4.39 Å². The highest BCUT2D eigenvalue weighted by atomic mass is 79.9. The molecule has 0 aliphatic heterocycles. The molecule has 0 fully saturated rings. The molecule has 0 radical (unpaired) electrons. The highest BCUT2D eigenvalue weighted by molar-refractivity contribution is 9.10. The van der Waals surface area contributed by atoms with E-state index in [0.717, 1.165) is 18.2 Å². The van der Waals surface area contributed by atoms with Crippen LogP contribution in [0.4, 0.5) is 4.39 Å². The Morgan fingerprint density at radius 3 is 2.75 bits per heavy atom. The predicted molar refractivity (Wildman–Crippen MR) is 69.5 cm³/mol. The van der Waals surface area contributed by atoms with Gasteiger partial charge in [0.15, 0.2) is 0 Å². The number of hydrogen-bond acceptors (Lipinski definition) is 1. The third-order valence-electron chi connectivity index (χ3n) is 2.03. The Bertz CT molecular complexity index is 371. The van der Waals surface area contributed by atoms with Crippen LogP contribution in [0.1, 0.15) is 23.2 Å². The lowest BCUT2D eigenvalue weighted by molar-refractivity contribution is 0.0953. The molecule has 0 aliphatic carbocycles. The first-order chi connectivity index (χ1) is 7.65. The topological polar surface area (TPSA) is 29.1 Å². The van der Waals surface area contributed by atoms with Crippen LogP contribution in [0.15, 0.2) is 22.7 Å². The van der Waals surface area contributed by atoms with Gasteiger partial charge in [-0.1, -0.05) is 15.9 Å². The number of amides is 1. The minimum absolute atomic E-state index is 0.171. The van der Waals surface area contributed by atoms with Crippen molar-refractivity contribution in [3.8, 4) is 0 Å². The molecule has 0 aromatic heterocycles. The molecule has 1 aromatic carbocycles. The van der Waals surface area contributed by atoms with E-state index in [1.54, 1.807) is 0 Å². The number of alkyl halides is 1. The number of nitrogens with one attached hydrogen (secondary N) is 1. The smallest absolute Gasteiger partial charge is 0.251 e. The molecule has 0 saturated heterocycles. The molecule has 16 heavy (non-hydrogen) atoms. The molecule has 0 atom stereocenters. The highest BCUT2D eigenvalue weighted by Gasteiger charge is 2.07. The van der Waals surface area contributed by atoms with E-state index < -0.39 is 0 Å². The second-order valence-electron chi connectivity index (χ2n) is 3.28. The monoisotopic (exact) mass is 351 g/mol. The summed E-state index contributed by atoms with van der Waals surface area (Å²) >= 11 is 6.36. The molecule has 1 amide bonds. The SMILES string of the molecule is O=C(NCCCCBr)c1ccc(F)c(Br)c1. The summed E-state index contributed by atoms with van der Waals surface area (Å²) < 4.78 is 13.2. The van der Waals surface area contributed by atoms with Crippen LogP contribution in [0.25, 0.3) is 0 Å². The van der Waals surface area contributed by atoms with Crippen LogP contribution in [0.3, 0.4) is 0 Å². The third kappa shape index (κ3) is 4.22. The lowest BCUT2D eigenvalue weighted by atomic mass is 10.2. The summed E-state index contributed by atoms with van der Waals surface area (Å²) in [6.45, 7) is 0.638. The van der Waals surface area contributed by atoms with Crippen LogP contribution >= 0.6 is 31.9 Å². The average Bonchev–Trinajstić information content (AvgIpc) is 2.28. The standard InChI is InChI=1S/C11H12Br2FNO/c12-5-1-2-6-15-11(16)8-3-4-10(14)9(13)7-8/h3-4,7H,1-2,5-6H2,(H,15,16). The zero-order chi connectivity index (χ0) is 12.0. The highest BCUT2D eigenvalue weighted by Crippen LogP contribution is 2.16. The van der Waals surface area contributed by atoms with Gasteiger partial charge >= 0.3 is 0 Å². The fourth-order valence-corrected chi connectivity index (χ4v) is 1.94. The maximum absolute atomic E-state index is 12.9. The zero-order valence-electron chi connectivity index (χ0n) is 8.60. The summed E-state index contributed by atoms with van der Waals surface area (Å²) in [5.74, 6) is -0.536. The molecule has 1 aromatic rings. The number of carbonyl (C=O) groups is 1. The maximum Gasteiger partial charge on any atom is 0.251 e. The summed E-state index contributed by atoms with van der Waals surface area (Å²) in [4.78, 5) is 11.6. The fraction of sp³-hybridized carbons (Fsp3) is 0.364. The Labute approximate surface area is 111 Å². The molecular weight excluding hydrogens is 341 g/mol. The Hall–Kier alpha value is -0.420. The normalized spacial score (nSPS) is 10.2. The van der Waals surface area contributed by atoms with Crippen LogP contribution in [-0.4, -0.2) is 17.8 Å². The summed E-state index contributed by atoms with van der Waals surface area (Å²) in [6.07, 6.45) is 1.95. The van der Waals surface area contributed by atoms with Gasteiger partial charge < -0.3 is 5.32 Å². The molecule has 0 unspecified atom stereocenters. The van der Waals surface area contributed by atoms with Crippen LogP contribution < -0.4 is 5.32 Å². The molecule has 0 bridgehead atoms. The van der Waals surface area contributed by atoms with Gasteiger partial charge in [0.05, 0.1) is 4.47 Å². The summed E-state index contributed by atoms with van der Waals surface area (Å²) in [5.41, 5.74) is 0.465. The largest absolute Gasteiger partial charge is 0.352 e. The van der Waals surface area contributed by atoms with Crippen LogP contribution in [0.2, 0.25) is 0 Å².